The highest BCUT2D eigenvalue weighted by Gasteiger charge is 2.18. The van der Waals surface area contributed by atoms with E-state index in [0.717, 1.165) is 97.5 Å². The zero-order chi connectivity index (χ0) is 42.2. The first kappa shape index (κ1) is 27.2. The Morgan fingerprint density at radius 1 is 0.397 bits per heavy atom. The smallest absolute Gasteiger partial charge is 0.137 e. The van der Waals surface area contributed by atoms with Crippen LogP contribution in [0.3, 0.4) is 0 Å². The molecule has 0 saturated carbocycles. The van der Waals surface area contributed by atoms with Crippen molar-refractivity contribution in [3.63, 3.8) is 0 Å². The fourth-order valence-corrected chi connectivity index (χ4v) is 10.4. The molecule has 4 heteroatoms. The van der Waals surface area contributed by atoms with Crippen LogP contribution in [0.1, 0.15) is 6.85 Å². The van der Waals surface area contributed by atoms with Gasteiger partial charge in [0.1, 0.15) is 11.2 Å². The molecule has 0 bridgehead atoms. The average molecular weight is 762 g/mol. The van der Waals surface area contributed by atoms with Gasteiger partial charge in [-0.1, -0.05) is 115 Å². The highest BCUT2D eigenvalue weighted by Crippen LogP contribution is 2.43. The molecule has 3 nitrogen and oxygen atoms in total. The number of benzene rings is 9. The van der Waals surface area contributed by atoms with Crippen molar-refractivity contribution in [3.05, 3.63) is 194 Å². The highest BCUT2D eigenvalue weighted by atomic mass is 32.1. The summed E-state index contributed by atoms with van der Waals surface area (Å²) in [5.41, 5.74) is 11.4. The van der Waals surface area contributed by atoms with Gasteiger partial charge in [-0.15, -0.1) is 11.3 Å². The van der Waals surface area contributed by atoms with E-state index in [2.05, 4.69) is 143 Å². The molecule has 0 aliphatic rings. The van der Waals surface area contributed by atoms with E-state index in [0.29, 0.717) is 5.56 Å². The summed E-state index contributed by atoms with van der Waals surface area (Å²) in [6, 6.07) is 56.2. The lowest BCUT2D eigenvalue weighted by molar-refractivity contribution is 0.668. The monoisotopic (exact) mass is 761 g/mol. The molecule has 0 unspecified atom stereocenters. The Bertz CT molecular complexity index is 4090. The van der Waals surface area contributed by atoms with Crippen molar-refractivity contribution in [1.29, 1.82) is 0 Å². The van der Waals surface area contributed by atoms with Crippen molar-refractivity contribution in [2.75, 3.05) is 0 Å². The van der Waals surface area contributed by atoms with Crippen LogP contribution in [-0.4, -0.2) is 9.13 Å². The minimum absolute atomic E-state index is 0.196. The van der Waals surface area contributed by atoms with Crippen LogP contribution in [0.15, 0.2) is 198 Å². The van der Waals surface area contributed by atoms with Crippen LogP contribution in [0.25, 0.3) is 119 Å². The molecule has 58 heavy (non-hydrogen) atoms. The Morgan fingerprint density at radius 2 is 0.983 bits per heavy atom. The van der Waals surface area contributed by atoms with Gasteiger partial charge in [0.15, 0.2) is 0 Å². The number of rotatable bonds is 4. The third-order valence-corrected chi connectivity index (χ3v) is 12.9. The van der Waals surface area contributed by atoms with Crippen LogP contribution in [0, 0.1) is 0 Å². The number of nitrogens with zero attached hydrogens (tertiary/aromatic N) is 2. The molecule has 0 fully saturated rings. The molecule has 13 aromatic rings. The molecule has 13 rings (SSSR count). The fraction of sp³-hybridized carbons (Fsp3) is 0. The number of hydrogen-bond donors (Lipinski definition) is 0. The number of hydrogen-bond acceptors (Lipinski definition) is 2. The van der Waals surface area contributed by atoms with Crippen molar-refractivity contribution in [1.82, 2.24) is 9.13 Å². The predicted molar refractivity (Wildman–Crippen MR) is 246 cm³/mol. The first-order chi connectivity index (χ1) is 30.8. The zero-order valence-corrected chi connectivity index (χ0v) is 31.6. The Kier molecular flexibility index (Phi) is 5.66. The summed E-state index contributed by atoms with van der Waals surface area (Å²) >= 11 is 1.65. The van der Waals surface area contributed by atoms with Gasteiger partial charge in [-0.25, -0.2) is 0 Å². The molecule has 0 spiro atoms. The molecule has 270 valence electrons. The second kappa shape index (κ2) is 12.1. The summed E-state index contributed by atoms with van der Waals surface area (Å²) in [6.07, 6.45) is 0. The van der Waals surface area contributed by atoms with E-state index >= 15 is 0 Å². The van der Waals surface area contributed by atoms with E-state index in [4.69, 9.17) is 11.3 Å². The third kappa shape index (κ3) is 4.55. The lowest BCUT2D eigenvalue weighted by atomic mass is 9.99. The molecular formula is C54H32N2OS. The first-order valence-corrected chi connectivity index (χ1v) is 20.2. The lowest BCUT2D eigenvalue weighted by Gasteiger charge is -2.10. The minimum Gasteiger partial charge on any atom is -0.456 e. The van der Waals surface area contributed by atoms with Crippen molar-refractivity contribution in [3.8, 4) is 33.6 Å². The lowest BCUT2D eigenvalue weighted by Crippen LogP contribution is -1.93. The minimum atomic E-state index is -0.391. The summed E-state index contributed by atoms with van der Waals surface area (Å²) in [5, 5.41) is 8.79. The molecule has 4 aromatic heterocycles. The number of thiophene rings is 1. The SMILES string of the molecule is [2H]c1c([2H])c([2H])c(-c2cccc3sc4cc(-n5c6ccccc6c6cc(-c7ccc8c(c7)c7ccccc7n8-c7ccc8c(c7)oc7ccccc78)ccc65)ccc4c23)c([2H])c1[2H]. The van der Waals surface area contributed by atoms with E-state index in [1.165, 1.54) is 10.8 Å². The van der Waals surface area contributed by atoms with Gasteiger partial charge in [0.25, 0.3) is 0 Å². The van der Waals surface area contributed by atoms with Gasteiger partial charge in [-0.05, 0) is 95.1 Å². The Balaban J connectivity index is 0.942. The molecule has 0 atom stereocenters. The van der Waals surface area contributed by atoms with Gasteiger partial charge in [-0.3, -0.25) is 0 Å². The molecule has 0 amide bonds. The Hall–Kier alpha value is -7.40. The Labute approximate surface area is 343 Å². The summed E-state index contributed by atoms with van der Waals surface area (Å²) < 4.78 is 55.3. The molecule has 9 aromatic carbocycles. The summed E-state index contributed by atoms with van der Waals surface area (Å²) in [4.78, 5) is 0. The van der Waals surface area contributed by atoms with Gasteiger partial charge in [0, 0.05) is 69.9 Å². The Morgan fingerprint density at radius 3 is 1.69 bits per heavy atom. The second-order valence-electron chi connectivity index (χ2n) is 14.9. The van der Waals surface area contributed by atoms with E-state index < -0.39 is 6.04 Å². The predicted octanol–water partition coefficient (Wildman–Crippen LogP) is 15.5. The topological polar surface area (TPSA) is 23.0 Å². The largest absolute Gasteiger partial charge is 0.456 e. The molecule has 0 radical (unpaired) electrons. The van der Waals surface area contributed by atoms with Crippen LogP contribution >= 0.6 is 11.3 Å². The molecule has 0 aliphatic heterocycles. The van der Waals surface area contributed by atoms with E-state index in [1.807, 2.05) is 30.3 Å². The standard InChI is InChI=1S/C54H32N2OS/c1-2-11-33(12-3-1)38-16-10-20-52-54(38)43-26-24-37(32-53(43)58-52)56-47-18-8-5-14-40(47)45-30-35(22-28-49(45)56)34-21-27-48-44(29-34)39-13-4-7-17-46(39)55(48)36-23-25-42-41-15-6-9-19-50(41)57-51(42)31-36/h1-32H/i1D,2D,3D,11D,12D. The molecule has 0 saturated heterocycles. The van der Waals surface area contributed by atoms with E-state index in [1.54, 1.807) is 11.3 Å². The molecular weight excluding hydrogens is 725 g/mol. The maximum atomic E-state index is 8.72. The third-order valence-electron chi connectivity index (χ3n) is 11.8. The average Bonchev–Trinajstić information content (AvgIpc) is 4.07. The first-order valence-electron chi connectivity index (χ1n) is 21.8. The quantitative estimate of drug-likeness (QED) is 0.175. The maximum Gasteiger partial charge on any atom is 0.137 e. The van der Waals surface area contributed by atoms with Crippen molar-refractivity contribution in [2.45, 2.75) is 0 Å². The normalized spacial score (nSPS) is 13.3. The van der Waals surface area contributed by atoms with E-state index in [-0.39, 0.29) is 29.7 Å². The van der Waals surface area contributed by atoms with E-state index in [9.17, 15) is 0 Å². The van der Waals surface area contributed by atoms with Gasteiger partial charge >= 0.3 is 0 Å². The van der Waals surface area contributed by atoms with Crippen molar-refractivity contribution < 1.29 is 11.3 Å². The number of furan rings is 1. The second-order valence-corrected chi connectivity index (χ2v) is 16.0. The number of para-hydroxylation sites is 3. The van der Waals surface area contributed by atoms with Gasteiger partial charge in [0.2, 0.25) is 0 Å². The van der Waals surface area contributed by atoms with Gasteiger partial charge in [0.05, 0.1) is 28.9 Å². The van der Waals surface area contributed by atoms with Crippen LogP contribution in [0.2, 0.25) is 0 Å². The zero-order valence-electron chi connectivity index (χ0n) is 35.8. The van der Waals surface area contributed by atoms with Gasteiger partial charge < -0.3 is 13.6 Å². The molecule has 4 heterocycles. The van der Waals surface area contributed by atoms with Crippen LogP contribution < -0.4 is 0 Å². The van der Waals surface area contributed by atoms with Crippen LogP contribution in [0.5, 0.6) is 0 Å². The van der Waals surface area contributed by atoms with Crippen molar-refractivity contribution in [2.24, 2.45) is 0 Å². The summed E-state index contributed by atoms with van der Waals surface area (Å²) in [7, 11) is 0. The van der Waals surface area contributed by atoms with Gasteiger partial charge in [-0.2, -0.15) is 0 Å². The number of fused-ring (bicyclic) bond motifs is 12. The molecule has 0 N–H and O–H groups in total. The molecule has 0 aliphatic carbocycles. The summed E-state index contributed by atoms with van der Waals surface area (Å²) in [6.45, 7) is 0. The highest BCUT2D eigenvalue weighted by molar-refractivity contribution is 7.26. The fourth-order valence-electron chi connectivity index (χ4n) is 9.26. The summed E-state index contributed by atoms with van der Waals surface area (Å²) in [5.74, 6) is 0. The maximum absolute atomic E-state index is 8.72. The number of aromatic nitrogens is 2. The van der Waals surface area contributed by atoms with Crippen LogP contribution in [0.4, 0.5) is 0 Å². The van der Waals surface area contributed by atoms with Crippen molar-refractivity contribution >= 4 is 97.1 Å². The van der Waals surface area contributed by atoms with Crippen LogP contribution in [-0.2, 0) is 0 Å².